The molecule has 6 N–H and O–H groups in total. The molecule has 0 saturated heterocycles. The number of carbonyl (C=O) groups excluding carboxylic acids is 1. The van der Waals surface area contributed by atoms with Crippen LogP contribution in [-0.2, 0) is 0 Å². The number of hydrogen-bond donors (Lipinski definition) is 4. The maximum absolute atomic E-state index is 14.4. The Morgan fingerprint density at radius 3 is 2.56 bits per heavy atom. The molecule has 0 aliphatic carbocycles. The normalized spacial score (nSPS) is 11.5. The van der Waals surface area contributed by atoms with Crippen LogP contribution in [-0.4, -0.2) is 40.1 Å². The Hall–Kier alpha value is -2.93. The van der Waals surface area contributed by atoms with Gasteiger partial charge in [0.05, 0.1) is 30.7 Å². The monoisotopic (exact) mass is 489 g/mol. The van der Waals surface area contributed by atoms with Gasteiger partial charge in [0.1, 0.15) is 23.0 Å². The summed E-state index contributed by atoms with van der Waals surface area (Å²) >= 11 is 0.940. The molecule has 0 saturated carbocycles. The lowest BCUT2D eigenvalue weighted by Crippen LogP contribution is -2.24. The minimum Gasteiger partial charge on any atom is -0.481 e. The zero-order chi connectivity index (χ0) is 22.5. The number of aliphatic hydroxyl groups excluding tert-OH is 1. The first-order valence-corrected chi connectivity index (χ1v) is 9.73. The summed E-state index contributed by atoms with van der Waals surface area (Å²) in [6, 6.07) is 3.77. The molecule has 0 radical (unpaired) electrons. The van der Waals surface area contributed by atoms with Gasteiger partial charge in [-0.1, -0.05) is 6.07 Å². The lowest BCUT2D eigenvalue weighted by atomic mass is 10.1. The van der Waals surface area contributed by atoms with E-state index in [0.29, 0.717) is 0 Å². The highest BCUT2D eigenvalue weighted by molar-refractivity contribution is 7.08. The molecule has 3 aromatic rings. The number of nitrogens with one attached hydrogen (secondary N) is 1. The highest BCUT2D eigenvalue weighted by Crippen LogP contribution is 2.32. The Labute approximate surface area is 191 Å². The number of nitrogens with two attached hydrogens (primary N) is 2. The predicted octanol–water partition coefficient (Wildman–Crippen LogP) is 2.82. The summed E-state index contributed by atoms with van der Waals surface area (Å²) in [5.41, 5.74) is 9.21. The van der Waals surface area contributed by atoms with Gasteiger partial charge in [0.25, 0.3) is 5.91 Å². The van der Waals surface area contributed by atoms with Crippen molar-refractivity contribution in [3.05, 3.63) is 53.6 Å². The first kappa shape index (κ1) is 25.3. The number of ether oxygens (including phenoxy) is 1. The van der Waals surface area contributed by atoms with Crippen molar-refractivity contribution < 1.29 is 27.8 Å². The minimum atomic E-state index is -1.09. The largest absolute Gasteiger partial charge is 0.481 e. The Bertz CT molecular complexity index is 1080. The summed E-state index contributed by atoms with van der Waals surface area (Å²) in [6.07, 6.45) is 1.31. The molecular formula is C19H19ClF3N5O3S. The number of aromatic nitrogens is 2. The van der Waals surface area contributed by atoms with Crippen LogP contribution in [0.4, 0.5) is 24.5 Å². The van der Waals surface area contributed by atoms with Crippen molar-refractivity contribution in [3.8, 4) is 16.3 Å². The molecule has 32 heavy (non-hydrogen) atoms. The van der Waals surface area contributed by atoms with Gasteiger partial charge in [-0.05, 0) is 12.1 Å². The SMILES string of the molecule is Cl.NCC(CO)COc1sncc1NC(=O)c1nc(-c2c(F)cccc2F)c(F)cc1N. The predicted molar refractivity (Wildman–Crippen MR) is 116 cm³/mol. The smallest absolute Gasteiger partial charge is 0.276 e. The number of halogens is 4. The van der Waals surface area contributed by atoms with Crippen molar-refractivity contribution in [2.24, 2.45) is 11.7 Å². The van der Waals surface area contributed by atoms with E-state index in [9.17, 15) is 23.1 Å². The Kier molecular flexibility index (Phi) is 8.78. The zero-order valence-corrected chi connectivity index (χ0v) is 18.0. The van der Waals surface area contributed by atoms with E-state index < -0.39 is 40.3 Å². The number of amides is 1. The number of anilines is 2. The van der Waals surface area contributed by atoms with Crippen molar-refractivity contribution in [2.75, 3.05) is 30.8 Å². The molecule has 1 unspecified atom stereocenters. The fourth-order valence-electron chi connectivity index (χ4n) is 2.57. The average Bonchev–Trinajstić information content (AvgIpc) is 3.16. The van der Waals surface area contributed by atoms with Gasteiger partial charge in [-0.3, -0.25) is 4.79 Å². The summed E-state index contributed by atoms with van der Waals surface area (Å²) in [4.78, 5) is 16.5. The molecule has 0 aliphatic rings. The van der Waals surface area contributed by atoms with Crippen LogP contribution in [0.5, 0.6) is 5.06 Å². The molecule has 2 aromatic heterocycles. The van der Waals surface area contributed by atoms with E-state index in [2.05, 4.69) is 14.7 Å². The third-order valence-corrected chi connectivity index (χ3v) is 4.96. The van der Waals surface area contributed by atoms with Crippen LogP contribution < -0.4 is 21.5 Å². The highest BCUT2D eigenvalue weighted by Gasteiger charge is 2.23. The van der Waals surface area contributed by atoms with Crippen LogP contribution >= 0.6 is 23.9 Å². The van der Waals surface area contributed by atoms with Crippen molar-refractivity contribution in [2.45, 2.75) is 0 Å². The average molecular weight is 490 g/mol. The second-order valence-corrected chi connectivity index (χ2v) is 7.19. The second-order valence-electron chi connectivity index (χ2n) is 6.43. The molecule has 0 aliphatic heterocycles. The summed E-state index contributed by atoms with van der Waals surface area (Å²) in [5.74, 6) is -4.34. The minimum absolute atomic E-state index is 0. The molecule has 0 spiro atoms. The van der Waals surface area contributed by atoms with Crippen molar-refractivity contribution in [1.82, 2.24) is 9.36 Å². The highest BCUT2D eigenvalue weighted by atomic mass is 35.5. The topological polar surface area (TPSA) is 136 Å². The van der Waals surface area contributed by atoms with Gasteiger partial charge >= 0.3 is 0 Å². The van der Waals surface area contributed by atoms with E-state index in [4.69, 9.17) is 16.2 Å². The quantitative estimate of drug-likeness (QED) is 0.382. The van der Waals surface area contributed by atoms with Crippen molar-refractivity contribution in [3.63, 3.8) is 0 Å². The molecule has 3 rings (SSSR count). The standard InChI is InChI=1S/C19H18F3N5O3S.ClH/c20-10-2-1-3-11(21)15(10)16-12(22)4-13(24)17(27-16)18(29)26-14-6-25-31-19(14)30-8-9(5-23)7-28;/h1-4,6,9,28H,5,7-8,23-24H2,(H,26,29);1H. The van der Waals surface area contributed by atoms with E-state index in [0.717, 1.165) is 35.8 Å². The van der Waals surface area contributed by atoms with E-state index in [1.807, 2.05) is 0 Å². The summed E-state index contributed by atoms with van der Waals surface area (Å²) in [6.45, 7) is 0.108. The zero-order valence-electron chi connectivity index (χ0n) is 16.3. The first-order chi connectivity index (χ1) is 14.8. The number of benzene rings is 1. The lowest BCUT2D eigenvalue weighted by molar-refractivity contribution is 0.102. The number of hydrogen-bond acceptors (Lipinski definition) is 8. The van der Waals surface area contributed by atoms with Crippen molar-refractivity contribution >= 4 is 41.2 Å². The van der Waals surface area contributed by atoms with E-state index in [-0.39, 0.29) is 54.5 Å². The molecule has 13 heteroatoms. The van der Waals surface area contributed by atoms with Crippen LogP contribution in [0.3, 0.4) is 0 Å². The molecule has 0 fully saturated rings. The summed E-state index contributed by atoms with van der Waals surface area (Å²) in [7, 11) is 0. The fraction of sp³-hybridized carbons (Fsp3) is 0.211. The molecule has 1 aromatic carbocycles. The maximum atomic E-state index is 14.4. The lowest BCUT2D eigenvalue weighted by Gasteiger charge is -2.13. The van der Waals surface area contributed by atoms with Crippen molar-refractivity contribution in [1.29, 1.82) is 0 Å². The van der Waals surface area contributed by atoms with Crippen LogP contribution in [0, 0.1) is 23.4 Å². The number of nitrogen functional groups attached to an aromatic ring is 1. The van der Waals surface area contributed by atoms with Gasteiger partial charge in [0.15, 0.2) is 11.5 Å². The Morgan fingerprint density at radius 1 is 1.25 bits per heavy atom. The summed E-state index contributed by atoms with van der Waals surface area (Å²) in [5, 5.41) is 11.9. The van der Waals surface area contributed by atoms with Crippen LogP contribution in [0.25, 0.3) is 11.3 Å². The van der Waals surface area contributed by atoms with E-state index in [1.165, 1.54) is 6.20 Å². The Balaban J connectivity index is 0.00000363. The molecule has 0 bridgehead atoms. The number of aliphatic hydroxyl groups is 1. The number of pyridine rings is 1. The molecule has 1 atom stereocenters. The van der Waals surface area contributed by atoms with Gasteiger partial charge < -0.3 is 26.6 Å². The third-order valence-electron chi connectivity index (χ3n) is 4.25. The Morgan fingerprint density at radius 2 is 1.94 bits per heavy atom. The summed E-state index contributed by atoms with van der Waals surface area (Å²) < 4.78 is 52.0. The van der Waals surface area contributed by atoms with Gasteiger partial charge in [0.2, 0.25) is 5.06 Å². The maximum Gasteiger partial charge on any atom is 0.276 e. The van der Waals surface area contributed by atoms with Gasteiger partial charge in [-0.2, -0.15) is 4.37 Å². The second kappa shape index (κ2) is 11.1. The number of rotatable bonds is 8. The molecule has 8 nitrogen and oxygen atoms in total. The molecular weight excluding hydrogens is 471 g/mol. The van der Waals surface area contributed by atoms with Crippen LogP contribution in [0.2, 0.25) is 0 Å². The van der Waals surface area contributed by atoms with E-state index in [1.54, 1.807) is 0 Å². The first-order valence-electron chi connectivity index (χ1n) is 8.95. The molecule has 2 heterocycles. The van der Waals surface area contributed by atoms with Gasteiger partial charge in [-0.25, -0.2) is 18.2 Å². The molecule has 1 amide bonds. The number of nitrogens with zero attached hydrogens (tertiary/aromatic N) is 2. The molecule has 172 valence electrons. The van der Waals surface area contributed by atoms with Crippen LogP contribution in [0.1, 0.15) is 10.5 Å². The van der Waals surface area contributed by atoms with E-state index >= 15 is 0 Å². The van der Waals surface area contributed by atoms with Crippen LogP contribution in [0.15, 0.2) is 30.5 Å². The third kappa shape index (κ3) is 5.46. The van der Waals surface area contributed by atoms with Gasteiger partial charge in [0, 0.05) is 30.1 Å². The fourth-order valence-corrected chi connectivity index (χ4v) is 3.15. The number of carbonyl (C=O) groups is 1. The van der Waals surface area contributed by atoms with Gasteiger partial charge in [-0.15, -0.1) is 12.4 Å².